The smallest absolute Gasteiger partial charge is 0.215 e. The van der Waals surface area contributed by atoms with Crippen molar-refractivity contribution in [3.05, 3.63) is 0 Å². The van der Waals surface area contributed by atoms with Gasteiger partial charge in [0.05, 0.1) is 17.2 Å². The molecule has 1 aliphatic heterocycles. The van der Waals surface area contributed by atoms with Crippen LogP contribution in [-0.4, -0.2) is 62.9 Å². The first-order chi connectivity index (χ1) is 7.74. The molecule has 0 aromatic rings. The fourth-order valence-electron chi connectivity index (χ4n) is 1.51. The molecule has 1 saturated heterocycles. The van der Waals surface area contributed by atoms with Crippen LogP contribution in [-0.2, 0) is 19.9 Å². The Labute approximate surface area is 101 Å². The maximum Gasteiger partial charge on any atom is 0.215 e. The molecule has 0 unspecified atom stereocenters. The lowest BCUT2D eigenvalue weighted by Gasteiger charge is -2.26. The van der Waals surface area contributed by atoms with Crippen LogP contribution in [0.4, 0.5) is 0 Å². The molecule has 0 aromatic heterocycles. The van der Waals surface area contributed by atoms with Gasteiger partial charge in [0.15, 0.2) is 0 Å². The molecule has 100 valence electrons. The fraction of sp³-hybridized carbons (Fsp3) is 0.875. The maximum absolute atomic E-state index is 11.8. The van der Waals surface area contributed by atoms with Gasteiger partial charge in [-0.3, -0.25) is 0 Å². The predicted molar refractivity (Wildman–Crippen MR) is 63.5 cm³/mol. The monoisotopic (exact) mass is 284 g/mol. The summed E-state index contributed by atoms with van der Waals surface area (Å²) in [5.41, 5.74) is 0.569. The highest BCUT2D eigenvalue weighted by molar-refractivity contribution is 7.93. The fourth-order valence-corrected chi connectivity index (χ4v) is 4.56. The molecule has 0 spiro atoms. The first-order valence-electron chi connectivity index (χ1n) is 5.10. The largest absolute Gasteiger partial charge is 0.411 e. The van der Waals surface area contributed by atoms with Gasteiger partial charge in [0.1, 0.15) is 9.84 Å². The quantitative estimate of drug-likeness (QED) is 0.542. The Kier molecular flexibility index (Phi) is 4.50. The Balaban J connectivity index is 2.61. The molecule has 0 aromatic carbocycles. The summed E-state index contributed by atoms with van der Waals surface area (Å²) in [6, 6.07) is 0. The van der Waals surface area contributed by atoms with E-state index in [0.717, 1.165) is 6.26 Å². The Hall–Kier alpha value is -0.670. The lowest BCUT2D eigenvalue weighted by Crippen LogP contribution is -2.41. The highest BCUT2D eigenvalue weighted by Crippen LogP contribution is 2.12. The van der Waals surface area contributed by atoms with Crippen molar-refractivity contribution in [2.45, 2.75) is 12.8 Å². The molecule has 0 aliphatic carbocycles. The van der Waals surface area contributed by atoms with Gasteiger partial charge in [-0.1, -0.05) is 5.16 Å². The summed E-state index contributed by atoms with van der Waals surface area (Å²) in [6.45, 7) is 0.483. The molecular weight excluding hydrogens is 268 g/mol. The highest BCUT2D eigenvalue weighted by Gasteiger charge is 2.27. The van der Waals surface area contributed by atoms with Crippen molar-refractivity contribution in [3.63, 3.8) is 0 Å². The maximum atomic E-state index is 11.8. The van der Waals surface area contributed by atoms with E-state index in [2.05, 4.69) is 5.16 Å². The van der Waals surface area contributed by atoms with Gasteiger partial charge < -0.3 is 5.21 Å². The van der Waals surface area contributed by atoms with E-state index in [1.807, 2.05) is 0 Å². The van der Waals surface area contributed by atoms with Gasteiger partial charge in [0.25, 0.3) is 0 Å². The zero-order valence-corrected chi connectivity index (χ0v) is 11.2. The van der Waals surface area contributed by atoms with Crippen LogP contribution < -0.4 is 0 Å². The van der Waals surface area contributed by atoms with Gasteiger partial charge in [-0.25, -0.2) is 21.1 Å². The number of nitrogens with zero attached hydrogens (tertiary/aromatic N) is 2. The van der Waals surface area contributed by atoms with Crippen LogP contribution in [0.3, 0.4) is 0 Å². The third kappa shape index (κ3) is 4.60. The molecule has 1 fully saturated rings. The summed E-state index contributed by atoms with van der Waals surface area (Å²) in [4.78, 5) is 0. The molecule has 9 heteroatoms. The van der Waals surface area contributed by atoms with E-state index in [4.69, 9.17) is 5.21 Å². The highest BCUT2D eigenvalue weighted by atomic mass is 32.2. The van der Waals surface area contributed by atoms with Crippen molar-refractivity contribution in [2.75, 3.05) is 30.9 Å². The predicted octanol–water partition coefficient (Wildman–Crippen LogP) is -0.713. The number of oxime groups is 1. The molecular formula is C8H16N2O5S2. The third-order valence-corrected chi connectivity index (χ3v) is 5.62. The first kappa shape index (κ1) is 14.4. The summed E-state index contributed by atoms with van der Waals surface area (Å²) in [7, 11) is -6.81. The second kappa shape index (κ2) is 5.32. The average Bonchev–Trinajstić information content (AvgIpc) is 2.26. The molecule has 1 N–H and O–H groups in total. The number of rotatable bonds is 4. The van der Waals surface area contributed by atoms with E-state index < -0.39 is 25.6 Å². The van der Waals surface area contributed by atoms with Gasteiger partial charge in [0.2, 0.25) is 10.0 Å². The van der Waals surface area contributed by atoms with Crippen LogP contribution >= 0.6 is 0 Å². The molecule has 0 amide bonds. The molecule has 7 nitrogen and oxygen atoms in total. The zero-order valence-electron chi connectivity index (χ0n) is 9.53. The average molecular weight is 284 g/mol. The number of sulfonamides is 1. The van der Waals surface area contributed by atoms with Crippen molar-refractivity contribution in [1.29, 1.82) is 0 Å². The molecule has 0 atom stereocenters. The van der Waals surface area contributed by atoms with Crippen LogP contribution in [0.2, 0.25) is 0 Å². The van der Waals surface area contributed by atoms with Crippen molar-refractivity contribution < 1.29 is 22.0 Å². The van der Waals surface area contributed by atoms with Gasteiger partial charge in [-0.2, -0.15) is 0 Å². The lowest BCUT2D eigenvalue weighted by atomic mass is 10.1. The van der Waals surface area contributed by atoms with Crippen LogP contribution in [0.5, 0.6) is 0 Å². The minimum Gasteiger partial charge on any atom is -0.411 e. The Morgan fingerprint density at radius 2 is 1.71 bits per heavy atom. The summed E-state index contributed by atoms with van der Waals surface area (Å²) in [5, 5.41) is 11.6. The first-order valence-corrected chi connectivity index (χ1v) is 8.77. The molecule has 17 heavy (non-hydrogen) atoms. The van der Waals surface area contributed by atoms with Gasteiger partial charge in [-0.05, 0) is 0 Å². The van der Waals surface area contributed by atoms with Gasteiger partial charge >= 0.3 is 0 Å². The zero-order chi connectivity index (χ0) is 13.1. The summed E-state index contributed by atoms with van der Waals surface area (Å²) < 4.78 is 46.7. The van der Waals surface area contributed by atoms with E-state index in [1.54, 1.807) is 0 Å². The van der Waals surface area contributed by atoms with Gasteiger partial charge in [-0.15, -0.1) is 0 Å². The summed E-state index contributed by atoms with van der Waals surface area (Å²) in [5.74, 6) is -0.760. The SMILES string of the molecule is CS(=O)(=O)CCS(=O)(=O)N1CCC(=NO)CC1. The molecule has 1 rings (SSSR count). The van der Waals surface area contributed by atoms with Crippen molar-refractivity contribution in [3.8, 4) is 0 Å². The van der Waals surface area contributed by atoms with Gasteiger partial charge in [0, 0.05) is 32.2 Å². The third-order valence-electron chi connectivity index (χ3n) is 2.55. The lowest BCUT2D eigenvalue weighted by molar-refractivity contribution is 0.310. The van der Waals surface area contributed by atoms with E-state index in [1.165, 1.54) is 4.31 Å². The number of sulfone groups is 1. The summed E-state index contributed by atoms with van der Waals surface area (Å²) >= 11 is 0. The molecule has 0 saturated carbocycles. The van der Waals surface area contributed by atoms with E-state index >= 15 is 0 Å². The summed E-state index contributed by atoms with van der Waals surface area (Å²) in [6.07, 6.45) is 1.78. The second-order valence-corrected chi connectivity index (χ2v) is 8.36. The molecule has 0 bridgehead atoms. The Bertz CT molecular complexity index is 484. The van der Waals surface area contributed by atoms with Crippen LogP contribution in [0.25, 0.3) is 0 Å². The second-order valence-electron chi connectivity index (χ2n) is 4.01. The van der Waals surface area contributed by atoms with Crippen molar-refractivity contribution in [1.82, 2.24) is 4.31 Å². The molecule has 1 heterocycles. The Morgan fingerprint density at radius 3 is 2.12 bits per heavy atom. The van der Waals surface area contributed by atoms with Crippen molar-refractivity contribution >= 4 is 25.6 Å². The van der Waals surface area contributed by atoms with Crippen LogP contribution in [0.1, 0.15) is 12.8 Å². The molecule has 0 radical (unpaired) electrons. The van der Waals surface area contributed by atoms with Crippen molar-refractivity contribution in [2.24, 2.45) is 5.16 Å². The molecule has 1 aliphatic rings. The number of hydrogen-bond acceptors (Lipinski definition) is 6. The van der Waals surface area contributed by atoms with Crippen LogP contribution in [0.15, 0.2) is 5.16 Å². The Morgan fingerprint density at radius 1 is 1.18 bits per heavy atom. The number of piperidine rings is 1. The van der Waals surface area contributed by atoms with E-state index in [-0.39, 0.29) is 18.8 Å². The minimum atomic E-state index is -3.53. The van der Waals surface area contributed by atoms with E-state index in [9.17, 15) is 16.8 Å². The number of hydrogen-bond donors (Lipinski definition) is 1. The standard InChI is InChI=1S/C8H16N2O5S2/c1-16(12,13)6-7-17(14,15)10-4-2-8(9-11)3-5-10/h11H,2-7H2,1H3. The normalized spacial score (nSPS) is 19.2. The van der Waals surface area contributed by atoms with Crippen LogP contribution in [0, 0.1) is 0 Å². The minimum absolute atomic E-state index is 0.242. The van der Waals surface area contributed by atoms with E-state index in [0.29, 0.717) is 18.6 Å². The topological polar surface area (TPSA) is 104 Å².